The average molecular weight is 1420 g/mol. The molecular weight excluding hydrogens is 1350 g/mol. The Labute approximate surface area is 555 Å². The van der Waals surface area contributed by atoms with Crippen LogP contribution in [0, 0.1) is 25.7 Å². The third kappa shape index (κ3) is 15.1. The molecule has 0 spiro atoms. The van der Waals surface area contributed by atoms with Gasteiger partial charge in [-0.05, 0) is 136 Å². The van der Waals surface area contributed by atoms with Crippen LogP contribution in [0.5, 0.6) is 0 Å². The molecule has 4 amide bonds. The maximum Gasteiger partial charge on any atom is 0.323 e. The Kier molecular flexibility index (Phi) is 22.3. The van der Waals surface area contributed by atoms with Gasteiger partial charge in [0.05, 0.1) is 43.6 Å². The standard InChI is InChI=1S/C29H29N7O2S.C16H12N4O3S.C13H17N3O.CH4.S9/c1-16-3-2-4-24(31-16)32-29(38)26-18-5-7-19(13-18)36(26)11-10-35-15-21(28(30)37)20-14-17(6-8-23(20)35)25-27-22(33-34-25)9-12-39-27;17-16(23)10-6-20(7-13(21)22)12-2-1-8(5-9(10)12)14-15-11(18-19-14)3-4-24-15;1-8-3-2-4-11(14-8)16-13(17)12-9-5-6-10(7-9)15-12;;1-3-5-7-9-8-6-4-2/h2-4,6,8-9,12,14-15,18-19,26H,5,7,10-11,13H2,1H3,(H2,30,37)(H,33,34)(H,31,32,38);1-6H,7H2,(H2,17,23)(H,18,19)(H,21,22);2-4,9-10,12,15H,5-7H2,1H3,(H,14,16,17);1H4;/t18?,19?,26-;;9?,10?,12-;;/m0.0../s1. The molecule has 2 aromatic carbocycles. The van der Waals surface area contributed by atoms with Gasteiger partial charge in [-0.2, -0.15) is 10.2 Å². The number of aromatic amines is 2. The Morgan fingerprint density at radius 2 is 1.19 bits per heavy atom. The smallest absolute Gasteiger partial charge is 0.323 e. The molecule has 4 fully saturated rings. The van der Waals surface area contributed by atoms with Crippen molar-refractivity contribution in [2.75, 3.05) is 17.2 Å². The monoisotopic (exact) mass is 1410 g/mol. The molecule has 8 aromatic heterocycles. The highest BCUT2D eigenvalue weighted by atomic mass is 33.4. The summed E-state index contributed by atoms with van der Waals surface area (Å²) in [6.07, 6.45) is 10.1. The number of carboxylic acids is 1. The Hall–Kier alpha value is -6.59. The molecule has 10 heterocycles. The number of aryl methyl sites for hydroxylation is 2. The van der Waals surface area contributed by atoms with E-state index in [1.165, 1.54) is 41.4 Å². The minimum Gasteiger partial charge on any atom is -0.480 e. The van der Waals surface area contributed by atoms with E-state index in [-0.39, 0.29) is 37.9 Å². The second kappa shape index (κ2) is 30.2. The first-order valence-corrected chi connectivity index (χ1v) is 40.4. The number of nitrogens with zero attached hydrogens (tertiary/aromatic N) is 7. The number of fused-ring (bicyclic) bond motifs is 8. The van der Waals surface area contributed by atoms with Crippen LogP contribution in [-0.2, 0) is 112 Å². The Morgan fingerprint density at radius 1 is 0.656 bits per heavy atom. The number of primary amides is 2. The van der Waals surface area contributed by atoms with Crippen LogP contribution in [0.2, 0.25) is 0 Å². The fraction of sp³-hybridized carbons (Fsp3) is 0.305. The van der Waals surface area contributed by atoms with E-state index in [1.807, 2.05) is 110 Å². The van der Waals surface area contributed by atoms with Gasteiger partial charge in [0.1, 0.15) is 29.6 Å². The van der Waals surface area contributed by atoms with Crippen LogP contribution in [0.4, 0.5) is 11.6 Å². The predicted octanol–water partition coefficient (Wildman–Crippen LogP) is 9.05. The maximum absolute atomic E-state index is 13.4. The van der Waals surface area contributed by atoms with Crippen LogP contribution < -0.4 is 27.4 Å². The summed E-state index contributed by atoms with van der Waals surface area (Å²) >= 11 is 12.5. The first-order valence-electron chi connectivity index (χ1n) is 28.0. The first-order chi connectivity index (χ1) is 43.1. The number of pyridine rings is 2. The van der Waals surface area contributed by atoms with Gasteiger partial charge in [-0.1, -0.05) is 31.7 Å². The number of hydrogen-bond acceptors (Lipinski definition) is 15. The Balaban J connectivity index is 0.000000149. The highest BCUT2D eigenvalue weighted by Gasteiger charge is 2.49. The molecule has 14 rings (SSSR count). The van der Waals surface area contributed by atoms with Gasteiger partial charge in [-0.25, -0.2) is 9.97 Å². The third-order valence-corrected chi connectivity index (χ3v) is 31.3. The van der Waals surface area contributed by atoms with Gasteiger partial charge in [0.15, 0.2) is 0 Å². The van der Waals surface area contributed by atoms with Crippen LogP contribution in [0.1, 0.15) is 78.1 Å². The average Bonchev–Trinajstić information content (AvgIpc) is 1.69. The number of H-pyrrole nitrogens is 2. The van der Waals surface area contributed by atoms with Crippen molar-refractivity contribution in [1.82, 2.24) is 49.7 Å². The second-order valence-corrected chi connectivity index (χ2v) is 35.8. The van der Waals surface area contributed by atoms with E-state index < -0.39 is 17.8 Å². The number of piperidine rings is 2. The third-order valence-electron chi connectivity index (χ3n) is 16.2. The van der Waals surface area contributed by atoms with E-state index in [0.717, 1.165) is 90.9 Å². The number of rotatable bonds is 13. The molecule has 20 nitrogen and oxygen atoms in total. The van der Waals surface area contributed by atoms with Crippen molar-refractivity contribution < 1.29 is 29.1 Å². The van der Waals surface area contributed by atoms with Crippen molar-refractivity contribution >= 4 is 191 Å². The van der Waals surface area contributed by atoms with Gasteiger partial charge in [0.25, 0.3) is 11.8 Å². The quantitative estimate of drug-likeness (QED) is 0.0535. The largest absolute Gasteiger partial charge is 0.480 e. The summed E-state index contributed by atoms with van der Waals surface area (Å²) in [6.45, 7) is 4.96. The Bertz CT molecular complexity index is 4670. The zero-order valence-electron chi connectivity index (χ0n) is 47.5. The van der Waals surface area contributed by atoms with Gasteiger partial charge in [-0.3, -0.25) is 39.1 Å². The second-order valence-electron chi connectivity index (χ2n) is 21.6. The number of likely N-dealkylation sites (tertiary alicyclic amines) is 1. The molecule has 2 saturated heterocycles. The maximum atomic E-state index is 13.4. The van der Waals surface area contributed by atoms with Crippen molar-refractivity contribution in [3.63, 3.8) is 0 Å². The number of thiophene rings is 2. The fourth-order valence-corrected chi connectivity index (χ4v) is 27.9. The van der Waals surface area contributed by atoms with Crippen LogP contribution in [-0.4, -0.2) is 110 Å². The van der Waals surface area contributed by atoms with Gasteiger partial charge < -0.3 is 41.7 Å². The van der Waals surface area contributed by atoms with Crippen molar-refractivity contribution in [2.24, 2.45) is 23.3 Å². The number of aliphatic carboxylic acids is 1. The molecule has 2 aliphatic carbocycles. The number of carbonyl (C=O) groups is 5. The number of amides is 4. The normalized spacial score (nSPS) is 18.5. The zero-order chi connectivity index (χ0) is 62.3. The van der Waals surface area contributed by atoms with E-state index in [9.17, 15) is 24.0 Å². The number of nitrogens with one attached hydrogen (secondary N) is 5. The molecule has 4 aliphatic rings. The molecule has 90 heavy (non-hydrogen) atoms. The molecule has 10 aromatic rings. The zero-order valence-corrected chi connectivity index (χ0v) is 56.5. The van der Waals surface area contributed by atoms with Gasteiger partial charge in [0, 0.05) is 166 Å². The minimum atomic E-state index is -0.986. The predicted molar refractivity (Wildman–Crippen MR) is 382 cm³/mol. The molecule has 4 unspecified atom stereocenters. The van der Waals surface area contributed by atoms with E-state index in [1.54, 1.807) is 73.1 Å². The number of carbonyl (C=O) groups excluding carboxylic acids is 4. The van der Waals surface area contributed by atoms with Gasteiger partial charge in [0.2, 0.25) is 11.8 Å². The lowest BCUT2D eigenvalue weighted by molar-refractivity contribution is -0.137. The van der Waals surface area contributed by atoms with Crippen LogP contribution in [0.25, 0.3) is 64.8 Å². The number of benzene rings is 2. The van der Waals surface area contributed by atoms with Crippen molar-refractivity contribution in [2.45, 2.75) is 97.1 Å². The summed E-state index contributed by atoms with van der Waals surface area (Å²) in [5, 5.41) is 38.7. The molecule has 10 N–H and O–H groups in total. The van der Waals surface area contributed by atoms with E-state index in [0.29, 0.717) is 70.7 Å². The molecule has 2 aliphatic heterocycles. The number of carboxylic acid groups (broad SMARTS) is 1. The van der Waals surface area contributed by atoms with E-state index >= 15 is 0 Å². The molecule has 470 valence electrons. The molecule has 0 radical (unpaired) electrons. The highest BCUT2D eigenvalue weighted by Crippen LogP contribution is 2.43. The summed E-state index contributed by atoms with van der Waals surface area (Å²) in [5.74, 6) is 0.163. The van der Waals surface area contributed by atoms with Gasteiger partial charge >= 0.3 is 5.97 Å². The lowest BCUT2D eigenvalue weighted by Gasteiger charge is -2.34. The summed E-state index contributed by atoms with van der Waals surface area (Å²) < 4.78 is 5.71. The molecule has 2 saturated carbocycles. The lowest BCUT2D eigenvalue weighted by atomic mass is 9.98. The number of aromatic nitrogens is 8. The van der Waals surface area contributed by atoms with Crippen LogP contribution >= 0.6 is 22.7 Å². The minimum absolute atomic E-state index is 0. The van der Waals surface area contributed by atoms with Crippen molar-refractivity contribution in [3.05, 3.63) is 131 Å². The summed E-state index contributed by atoms with van der Waals surface area (Å²) in [5.41, 5.74) is 20.8. The Morgan fingerprint density at radius 3 is 1.70 bits per heavy atom. The summed E-state index contributed by atoms with van der Waals surface area (Å²) in [4.78, 5) is 71.7. The summed E-state index contributed by atoms with van der Waals surface area (Å²) in [6, 6.07) is 27.6. The number of anilines is 2. The highest BCUT2D eigenvalue weighted by molar-refractivity contribution is 8.72. The van der Waals surface area contributed by atoms with Crippen molar-refractivity contribution in [1.29, 1.82) is 0 Å². The molecule has 6 atom stereocenters. The molecular formula is C59H62N14O6S11. The van der Waals surface area contributed by atoms with Gasteiger partial charge in [-0.15, -0.1) is 22.7 Å². The van der Waals surface area contributed by atoms with E-state index in [2.05, 4.69) is 78.2 Å². The topological polar surface area (TPSA) is 290 Å². The first kappa shape index (κ1) is 66.3. The molecule has 4 bridgehead atoms. The number of hydrogen-bond donors (Lipinski definition) is 8. The van der Waals surface area contributed by atoms with Crippen LogP contribution in [0.15, 0.2) is 108 Å². The number of nitrogens with two attached hydrogens (primary N) is 2. The van der Waals surface area contributed by atoms with Crippen molar-refractivity contribution in [3.8, 4) is 22.5 Å². The molecule has 31 heteroatoms. The van der Waals surface area contributed by atoms with Crippen LogP contribution in [0.3, 0.4) is 0 Å². The summed E-state index contributed by atoms with van der Waals surface area (Å²) in [7, 11) is 10.9. The lowest BCUT2D eigenvalue weighted by Crippen LogP contribution is -2.49. The fourth-order valence-electron chi connectivity index (χ4n) is 12.5. The SMILES string of the molecule is C.Cc1cccc(NC(=O)[C@@H]2C3CCC(C3)N2CCn2cc(C(N)=O)c3cc(-c4n[nH]c5ccsc45)ccc32)n1.Cc1cccc(NC(=O)[C@H]2NC3CCC2C3)n1.NC(=O)c1cn(CC(=O)O)c2ccc(-c3n[nH]c4ccsc34)cc12.S=S=S=S=S=S=S=S=S. The van der Waals surface area contributed by atoms with E-state index in [4.69, 9.17) is 16.6 Å².